The van der Waals surface area contributed by atoms with Gasteiger partial charge in [-0.25, -0.2) is 17.9 Å². The number of nitrogen functional groups attached to an aromatic ring is 1. The zero-order valence-corrected chi connectivity index (χ0v) is 11.4. The molecule has 1 aromatic rings. The fourth-order valence-corrected chi connectivity index (χ4v) is 2.43. The molecule has 100 valence electrons. The van der Waals surface area contributed by atoms with Crippen LogP contribution in [0, 0.1) is 13.8 Å². The average molecular weight is 271 g/mol. The first-order chi connectivity index (χ1) is 8.27. The molecule has 0 aliphatic rings. The van der Waals surface area contributed by atoms with E-state index >= 15 is 0 Å². The number of nitrogens with one attached hydrogen (secondary N) is 2. The molecule has 0 aromatic heterocycles. The summed E-state index contributed by atoms with van der Waals surface area (Å²) in [7, 11) is -3.89. The van der Waals surface area contributed by atoms with Crippen molar-refractivity contribution in [3.8, 4) is 0 Å². The van der Waals surface area contributed by atoms with E-state index in [4.69, 9.17) is 5.73 Å². The largest absolute Gasteiger partial charge is 0.398 e. The molecule has 0 bridgehead atoms. The van der Waals surface area contributed by atoms with Crippen molar-refractivity contribution in [3.63, 3.8) is 0 Å². The van der Waals surface area contributed by atoms with Gasteiger partial charge in [-0.1, -0.05) is 0 Å². The van der Waals surface area contributed by atoms with Crippen LogP contribution in [0.1, 0.15) is 18.1 Å². The van der Waals surface area contributed by atoms with Gasteiger partial charge in [-0.2, -0.15) is 0 Å². The van der Waals surface area contributed by atoms with Crippen LogP contribution in [0.3, 0.4) is 0 Å². The van der Waals surface area contributed by atoms with E-state index in [1.165, 1.54) is 12.1 Å². The summed E-state index contributed by atoms with van der Waals surface area (Å²) in [6.07, 6.45) is 0. The molecule has 18 heavy (non-hydrogen) atoms. The lowest BCUT2D eigenvalue weighted by Crippen LogP contribution is -2.39. The molecule has 4 N–H and O–H groups in total. The SMILES string of the molecule is CCNC(=O)NS(=O)(=O)c1cc(C)c(C)c(N)c1. The third-order valence-corrected chi connectivity index (χ3v) is 3.87. The van der Waals surface area contributed by atoms with Crippen LogP contribution in [0.15, 0.2) is 17.0 Å². The second kappa shape index (κ2) is 5.26. The third kappa shape index (κ3) is 3.13. The van der Waals surface area contributed by atoms with Crippen LogP contribution in [0.25, 0.3) is 0 Å². The lowest BCUT2D eigenvalue weighted by Gasteiger charge is -2.11. The van der Waals surface area contributed by atoms with E-state index < -0.39 is 16.1 Å². The summed E-state index contributed by atoms with van der Waals surface area (Å²) >= 11 is 0. The first-order valence-corrected chi connectivity index (χ1v) is 6.93. The minimum absolute atomic E-state index is 0.0191. The Kier molecular flexibility index (Phi) is 4.18. The minimum Gasteiger partial charge on any atom is -0.398 e. The number of hydrogen-bond acceptors (Lipinski definition) is 4. The number of aryl methyl sites for hydroxylation is 1. The number of amides is 2. The molecule has 0 heterocycles. The smallest absolute Gasteiger partial charge is 0.328 e. The number of sulfonamides is 1. The van der Waals surface area contributed by atoms with E-state index in [9.17, 15) is 13.2 Å². The highest BCUT2D eigenvalue weighted by Crippen LogP contribution is 2.21. The van der Waals surface area contributed by atoms with Gasteiger partial charge in [-0.3, -0.25) is 0 Å². The average Bonchev–Trinajstić information content (AvgIpc) is 2.24. The molecule has 2 amide bonds. The summed E-state index contributed by atoms with van der Waals surface area (Å²) in [5.41, 5.74) is 7.68. The van der Waals surface area contributed by atoms with Gasteiger partial charge in [-0.05, 0) is 44.0 Å². The number of nitrogens with two attached hydrogens (primary N) is 1. The van der Waals surface area contributed by atoms with Crippen LogP contribution in [0.2, 0.25) is 0 Å². The van der Waals surface area contributed by atoms with Crippen molar-refractivity contribution in [2.45, 2.75) is 25.7 Å². The minimum atomic E-state index is -3.89. The zero-order valence-electron chi connectivity index (χ0n) is 10.6. The number of urea groups is 1. The molecular formula is C11H17N3O3S. The van der Waals surface area contributed by atoms with Crippen molar-refractivity contribution in [1.82, 2.24) is 10.0 Å². The molecule has 0 saturated carbocycles. The molecule has 0 unspecified atom stereocenters. The summed E-state index contributed by atoms with van der Waals surface area (Å²) < 4.78 is 25.7. The van der Waals surface area contributed by atoms with Gasteiger partial charge in [0.05, 0.1) is 4.90 Å². The first kappa shape index (κ1) is 14.3. The summed E-state index contributed by atoms with van der Waals surface area (Å²) in [5, 5.41) is 2.35. The van der Waals surface area contributed by atoms with E-state index in [1.54, 1.807) is 20.8 Å². The highest BCUT2D eigenvalue weighted by molar-refractivity contribution is 7.90. The molecule has 0 aliphatic carbocycles. The molecule has 0 saturated heterocycles. The Morgan fingerprint density at radius 2 is 1.94 bits per heavy atom. The molecule has 0 spiro atoms. The highest BCUT2D eigenvalue weighted by Gasteiger charge is 2.18. The fourth-order valence-electron chi connectivity index (χ4n) is 1.39. The van der Waals surface area contributed by atoms with Gasteiger partial charge in [0.25, 0.3) is 10.0 Å². The standard InChI is InChI=1S/C11H17N3O3S/c1-4-13-11(15)14-18(16,17)9-5-7(2)8(3)10(12)6-9/h5-6H,4,12H2,1-3H3,(H2,13,14,15). The van der Waals surface area contributed by atoms with Crippen molar-refractivity contribution >= 4 is 21.7 Å². The Balaban J connectivity index is 3.10. The molecule has 0 aliphatic heterocycles. The third-order valence-electron chi connectivity index (χ3n) is 2.56. The summed E-state index contributed by atoms with van der Waals surface area (Å²) in [4.78, 5) is 11.2. The second-order valence-electron chi connectivity index (χ2n) is 3.92. The molecule has 0 fully saturated rings. The zero-order chi connectivity index (χ0) is 13.9. The summed E-state index contributed by atoms with van der Waals surface area (Å²) in [6, 6.07) is 2.06. The number of benzene rings is 1. The summed E-state index contributed by atoms with van der Waals surface area (Å²) in [5.74, 6) is 0. The molecule has 1 rings (SSSR count). The normalized spacial score (nSPS) is 11.1. The molecule has 0 atom stereocenters. The van der Waals surface area contributed by atoms with Crippen molar-refractivity contribution in [1.29, 1.82) is 0 Å². The van der Waals surface area contributed by atoms with Crippen LogP contribution in [0.5, 0.6) is 0 Å². The van der Waals surface area contributed by atoms with Gasteiger partial charge in [0, 0.05) is 12.2 Å². The van der Waals surface area contributed by atoms with Crippen LogP contribution >= 0.6 is 0 Å². The molecule has 1 aromatic carbocycles. The molecule has 6 nitrogen and oxygen atoms in total. The molecule has 7 heteroatoms. The maximum Gasteiger partial charge on any atom is 0.328 e. The van der Waals surface area contributed by atoms with Gasteiger partial charge in [0.2, 0.25) is 0 Å². The van der Waals surface area contributed by atoms with Crippen molar-refractivity contribution in [2.75, 3.05) is 12.3 Å². The Bertz CT molecular complexity index is 544. The predicted octanol–water partition coefficient (Wildman–Crippen LogP) is 0.893. The van der Waals surface area contributed by atoms with Crippen LogP contribution in [-0.2, 0) is 10.0 Å². The number of rotatable bonds is 3. The van der Waals surface area contributed by atoms with Gasteiger partial charge in [-0.15, -0.1) is 0 Å². The summed E-state index contributed by atoms with van der Waals surface area (Å²) in [6.45, 7) is 5.60. The van der Waals surface area contributed by atoms with E-state index in [1.807, 2.05) is 4.72 Å². The van der Waals surface area contributed by atoms with Gasteiger partial charge >= 0.3 is 6.03 Å². The van der Waals surface area contributed by atoms with Crippen molar-refractivity contribution < 1.29 is 13.2 Å². The quantitative estimate of drug-likeness (QED) is 0.711. The Morgan fingerprint density at radius 3 is 2.44 bits per heavy atom. The number of hydrogen-bond donors (Lipinski definition) is 3. The van der Waals surface area contributed by atoms with Crippen LogP contribution < -0.4 is 15.8 Å². The first-order valence-electron chi connectivity index (χ1n) is 5.45. The number of carbonyl (C=O) groups is 1. The van der Waals surface area contributed by atoms with Crippen LogP contribution in [-0.4, -0.2) is 21.0 Å². The van der Waals surface area contributed by atoms with Gasteiger partial charge < -0.3 is 11.1 Å². The molecular weight excluding hydrogens is 254 g/mol. The Hall–Kier alpha value is -1.76. The monoisotopic (exact) mass is 271 g/mol. The topological polar surface area (TPSA) is 101 Å². The predicted molar refractivity (Wildman–Crippen MR) is 69.7 cm³/mol. The van der Waals surface area contributed by atoms with Crippen LogP contribution in [0.4, 0.5) is 10.5 Å². The Labute approximate surface area is 107 Å². The fraction of sp³-hybridized carbons (Fsp3) is 0.364. The maximum absolute atomic E-state index is 11.9. The lowest BCUT2D eigenvalue weighted by molar-refractivity contribution is 0.246. The van der Waals surface area contributed by atoms with Crippen molar-refractivity contribution in [2.24, 2.45) is 0 Å². The van der Waals surface area contributed by atoms with E-state index in [0.717, 1.165) is 11.1 Å². The second-order valence-corrected chi connectivity index (χ2v) is 5.60. The van der Waals surface area contributed by atoms with Crippen molar-refractivity contribution in [3.05, 3.63) is 23.3 Å². The molecule has 0 radical (unpaired) electrons. The van der Waals surface area contributed by atoms with E-state index in [-0.39, 0.29) is 4.90 Å². The van der Waals surface area contributed by atoms with E-state index in [0.29, 0.717) is 12.2 Å². The number of carbonyl (C=O) groups excluding carboxylic acids is 1. The van der Waals surface area contributed by atoms with E-state index in [2.05, 4.69) is 5.32 Å². The highest BCUT2D eigenvalue weighted by atomic mass is 32.2. The van der Waals surface area contributed by atoms with Gasteiger partial charge in [0.15, 0.2) is 0 Å². The Morgan fingerprint density at radius 1 is 1.33 bits per heavy atom. The number of anilines is 1. The van der Waals surface area contributed by atoms with Gasteiger partial charge in [0.1, 0.15) is 0 Å². The lowest BCUT2D eigenvalue weighted by atomic mass is 10.1. The maximum atomic E-state index is 11.9.